The number of carbonyl (C=O) groups excluding carboxylic acids is 1. The Morgan fingerprint density at radius 2 is 1.96 bits per heavy atom. The van der Waals surface area contributed by atoms with E-state index >= 15 is 0 Å². The molecular formula is C17H14FN3O2S. The first-order valence-corrected chi connectivity index (χ1v) is 8.13. The Morgan fingerprint density at radius 1 is 1.21 bits per heavy atom. The Hall–Kier alpha value is -2.67. The van der Waals surface area contributed by atoms with Gasteiger partial charge in [-0.2, -0.15) is 0 Å². The number of aromatic nitrogens is 3. The highest BCUT2D eigenvalue weighted by Gasteiger charge is 2.13. The van der Waals surface area contributed by atoms with Gasteiger partial charge in [-0.05, 0) is 36.4 Å². The van der Waals surface area contributed by atoms with E-state index in [4.69, 9.17) is 4.74 Å². The quantitative estimate of drug-likeness (QED) is 0.547. The highest BCUT2D eigenvalue weighted by atomic mass is 32.2. The minimum Gasteiger partial charge on any atom is -0.496 e. The van der Waals surface area contributed by atoms with Gasteiger partial charge in [0.25, 0.3) is 0 Å². The van der Waals surface area contributed by atoms with Crippen LogP contribution in [-0.4, -0.2) is 33.8 Å². The van der Waals surface area contributed by atoms with Crippen LogP contribution in [0.1, 0.15) is 10.4 Å². The Bertz CT molecular complexity index is 849. The topological polar surface area (TPSA) is 67.9 Å². The van der Waals surface area contributed by atoms with Crippen molar-refractivity contribution in [2.75, 3.05) is 12.9 Å². The molecule has 0 unspecified atom stereocenters. The van der Waals surface area contributed by atoms with E-state index in [1.54, 1.807) is 7.11 Å². The number of methoxy groups -OCH3 is 1. The van der Waals surface area contributed by atoms with Gasteiger partial charge in [0.05, 0.1) is 18.4 Å². The summed E-state index contributed by atoms with van der Waals surface area (Å²) >= 11 is 1.22. The standard InChI is InChI=1S/C17H14FN3O2S/c1-23-15-5-3-2-4-13(15)16-19-17(21-20-16)24-10-14(22)11-6-8-12(18)9-7-11/h2-9H,10H2,1H3,(H,19,20,21). The van der Waals surface area contributed by atoms with E-state index in [0.29, 0.717) is 22.3 Å². The SMILES string of the molecule is COc1ccccc1-c1nc(SCC(=O)c2ccc(F)cc2)n[nH]1. The molecule has 1 heterocycles. The third-order valence-corrected chi connectivity index (χ3v) is 4.17. The first-order valence-electron chi connectivity index (χ1n) is 7.14. The summed E-state index contributed by atoms with van der Waals surface area (Å²) in [6, 6.07) is 12.9. The lowest BCUT2D eigenvalue weighted by Crippen LogP contribution is -2.02. The molecule has 7 heteroatoms. The molecule has 1 aromatic heterocycles. The third-order valence-electron chi connectivity index (χ3n) is 3.33. The Kier molecular flexibility index (Phi) is 4.90. The van der Waals surface area contributed by atoms with Crippen molar-refractivity contribution in [3.05, 3.63) is 59.9 Å². The third kappa shape index (κ3) is 3.62. The van der Waals surface area contributed by atoms with Gasteiger partial charge in [0, 0.05) is 5.56 Å². The number of aromatic amines is 1. The van der Waals surface area contributed by atoms with Crippen LogP contribution in [0.3, 0.4) is 0 Å². The monoisotopic (exact) mass is 343 g/mol. The van der Waals surface area contributed by atoms with E-state index < -0.39 is 0 Å². The van der Waals surface area contributed by atoms with Gasteiger partial charge < -0.3 is 4.74 Å². The Balaban J connectivity index is 1.68. The van der Waals surface area contributed by atoms with Crippen LogP contribution in [0.5, 0.6) is 5.75 Å². The molecule has 3 rings (SSSR count). The summed E-state index contributed by atoms with van der Waals surface area (Å²) in [6.07, 6.45) is 0. The number of carbonyl (C=O) groups is 1. The fraction of sp³-hybridized carbons (Fsp3) is 0.118. The maximum Gasteiger partial charge on any atom is 0.209 e. The van der Waals surface area contributed by atoms with Crippen LogP contribution in [0.2, 0.25) is 0 Å². The lowest BCUT2D eigenvalue weighted by Gasteiger charge is -2.04. The minimum atomic E-state index is -0.366. The van der Waals surface area contributed by atoms with E-state index in [1.165, 1.54) is 36.0 Å². The van der Waals surface area contributed by atoms with Crippen molar-refractivity contribution in [2.45, 2.75) is 5.16 Å². The molecule has 1 N–H and O–H groups in total. The number of para-hydroxylation sites is 1. The van der Waals surface area contributed by atoms with Gasteiger partial charge in [0.15, 0.2) is 11.6 Å². The van der Waals surface area contributed by atoms with Crippen LogP contribution in [0.4, 0.5) is 4.39 Å². The first kappa shape index (κ1) is 16.2. The first-order chi connectivity index (χ1) is 11.7. The number of hydrogen-bond donors (Lipinski definition) is 1. The fourth-order valence-electron chi connectivity index (χ4n) is 2.12. The van der Waals surface area contributed by atoms with E-state index in [1.807, 2.05) is 24.3 Å². The average molecular weight is 343 g/mol. The number of halogens is 1. The zero-order valence-corrected chi connectivity index (χ0v) is 13.6. The largest absolute Gasteiger partial charge is 0.496 e. The summed E-state index contributed by atoms with van der Waals surface area (Å²) in [5.41, 5.74) is 1.26. The maximum atomic E-state index is 12.9. The molecule has 0 aliphatic heterocycles. The predicted molar refractivity (Wildman–Crippen MR) is 89.8 cm³/mol. The molecule has 2 aromatic carbocycles. The molecule has 0 spiro atoms. The van der Waals surface area contributed by atoms with Gasteiger partial charge in [-0.1, -0.05) is 23.9 Å². The number of hydrogen-bond acceptors (Lipinski definition) is 5. The highest BCUT2D eigenvalue weighted by Crippen LogP contribution is 2.28. The molecule has 24 heavy (non-hydrogen) atoms. The van der Waals surface area contributed by atoms with Crippen molar-refractivity contribution in [1.29, 1.82) is 0 Å². The lowest BCUT2D eigenvalue weighted by atomic mass is 10.1. The molecular weight excluding hydrogens is 329 g/mol. The van der Waals surface area contributed by atoms with E-state index in [9.17, 15) is 9.18 Å². The van der Waals surface area contributed by atoms with Gasteiger partial charge >= 0.3 is 0 Å². The van der Waals surface area contributed by atoms with E-state index in [0.717, 1.165) is 5.56 Å². The van der Waals surface area contributed by atoms with Gasteiger partial charge in [0.2, 0.25) is 5.16 Å². The molecule has 0 aliphatic rings. The molecule has 122 valence electrons. The van der Waals surface area contributed by atoms with Crippen molar-refractivity contribution in [3.63, 3.8) is 0 Å². The van der Waals surface area contributed by atoms with Crippen molar-refractivity contribution < 1.29 is 13.9 Å². The van der Waals surface area contributed by atoms with Crippen molar-refractivity contribution in [3.8, 4) is 17.1 Å². The van der Waals surface area contributed by atoms with Crippen LogP contribution in [0.25, 0.3) is 11.4 Å². The second-order valence-corrected chi connectivity index (χ2v) is 5.83. The van der Waals surface area contributed by atoms with Crippen LogP contribution >= 0.6 is 11.8 Å². The van der Waals surface area contributed by atoms with E-state index in [2.05, 4.69) is 15.2 Å². The number of Topliss-reactive ketones (excluding diaryl/α,β-unsaturated/α-hetero) is 1. The number of nitrogens with one attached hydrogen (secondary N) is 1. The number of benzene rings is 2. The smallest absolute Gasteiger partial charge is 0.209 e. The summed E-state index contributed by atoms with van der Waals surface area (Å²) in [6.45, 7) is 0. The second kappa shape index (κ2) is 7.27. The summed E-state index contributed by atoms with van der Waals surface area (Å²) in [7, 11) is 1.59. The predicted octanol–water partition coefficient (Wildman–Crippen LogP) is 3.59. The second-order valence-electron chi connectivity index (χ2n) is 4.89. The zero-order valence-electron chi connectivity index (χ0n) is 12.8. The summed E-state index contributed by atoms with van der Waals surface area (Å²) < 4.78 is 18.2. The zero-order chi connectivity index (χ0) is 16.9. The summed E-state index contributed by atoms with van der Waals surface area (Å²) in [5.74, 6) is 0.963. The van der Waals surface area contributed by atoms with Crippen LogP contribution in [-0.2, 0) is 0 Å². The number of rotatable bonds is 6. The van der Waals surface area contributed by atoms with E-state index in [-0.39, 0.29) is 17.4 Å². The van der Waals surface area contributed by atoms with Gasteiger partial charge in [-0.3, -0.25) is 9.89 Å². The molecule has 5 nitrogen and oxygen atoms in total. The summed E-state index contributed by atoms with van der Waals surface area (Å²) in [5, 5.41) is 7.42. The molecule has 0 bridgehead atoms. The molecule has 0 saturated carbocycles. The van der Waals surface area contributed by atoms with Crippen molar-refractivity contribution in [2.24, 2.45) is 0 Å². The Labute approximate surface area is 142 Å². The molecule has 0 fully saturated rings. The molecule has 0 radical (unpaired) electrons. The highest BCUT2D eigenvalue weighted by molar-refractivity contribution is 7.99. The summed E-state index contributed by atoms with van der Waals surface area (Å²) in [4.78, 5) is 16.5. The minimum absolute atomic E-state index is 0.108. The maximum absolute atomic E-state index is 12.9. The number of ether oxygens (including phenoxy) is 1. The van der Waals surface area contributed by atoms with Gasteiger partial charge in [0.1, 0.15) is 11.6 Å². The van der Waals surface area contributed by atoms with Crippen LogP contribution < -0.4 is 4.74 Å². The molecule has 0 aliphatic carbocycles. The van der Waals surface area contributed by atoms with Crippen LogP contribution in [0.15, 0.2) is 53.7 Å². The number of thioether (sulfide) groups is 1. The van der Waals surface area contributed by atoms with Gasteiger partial charge in [-0.25, -0.2) is 9.37 Å². The van der Waals surface area contributed by atoms with Crippen molar-refractivity contribution >= 4 is 17.5 Å². The lowest BCUT2D eigenvalue weighted by molar-refractivity contribution is 0.102. The molecule has 0 amide bonds. The number of nitrogens with zero attached hydrogens (tertiary/aromatic N) is 2. The number of H-pyrrole nitrogens is 1. The normalized spacial score (nSPS) is 10.6. The Morgan fingerprint density at radius 3 is 2.71 bits per heavy atom. The van der Waals surface area contributed by atoms with Crippen LogP contribution in [0, 0.1) is 5.82 Å². The molecule has 3 aromatic rings. The fourth-order valence-corrected chi connectivity index (χ4v) is 2.81. The molecule has 0 atom stereocenters. The number of ketones is 1. The average Bonchev–Trinajstić information content (AvgIpc) is 3.09. The molecule has 0 saturated heterocycles. The van der Waals surface area contributed by atoms with Gasteiger partial charge in [-0.15, -0.1) is 5.10 Å². The van der Waals surface area contributed by atoms with Crippen molar-refractivity contribution in [1.82, 2.24) is 15.2 Å².